The van der Waals surface area contributed by atoms with E-state index >= 15 is 0 Å². The average Bonchev–Trinajstić information content (AvgIpc) is 2.71. The Hall–Kier alpha value is -1.57. The molecule has 1 heterocycles. The van der Waals surface area contributed by atoms with E-state index in [4.69, 9.17) is 9.94 Å². The van der Waals surface area contributed by atoms with Gasteiger partial charge in [0.2, 0.25) is 0 Å². The molecule has 1 aliphatic rings. The van der Waals surface area contributed by atoms with Crippen LogP contribution >= 0.6 is 15.9 Å². The van der Waals surface area contributed by atoms with E-state index in [9.17, 15) is 9.59 Å². The number of carboxylic acids is 1. The molecule has 2 atom stereocenters. The van der Waals surface area contributed by atoms with E-state index < -0.39 is 18.1 Å². The van der Waals surface area contributed by atoms with Crippen molar-refractivity contribution in [3.05, 3.63) is 12.7 Å². The highest BCUT2D eigenvalue weighted by Crippen LogP contribution is 2.18. The normalized spacial score (nSPS) is 19.4. The van der Waals surface area contributed by atoms with Crippen molar-refractivity contribution in [2.45, 2.75) is 25.0 Å². The second-order valence-electron chi connectivity index (χ2n) is 3.56. The van der Waals surface area contributed by atoms with Gasteiger partial charge in [0.15, 0.2) is 0 Å². The van der Waals surface area contributed by atoms with Gasteiger partial charge in [0.25, 0.3) is 0 Å². The summed E-state index contributed by atoms with van der Waals surface area (Å²) in [6.45, 7) is 3.40. The number of carbonyl (C=O) groups excluding carboxylic acids is 1. The maximum absolute atomic E-state index is 11.2. The minimum atomic E-state index is -1.16. The molecule has 0 saturated carbocycles. The Balaban J connectivity index is 2.43. The second kappa shape index (κ2) is 7.00. The molecule has 8 heteroatoms. The maximum atomic E-state index is 11.2. The summed E-state index contributed by atoms with van der Waals surface area (Å²) in [5, 5.41) is 14.9. The molecule has 0 saturated heterocycles. The fraction of sp³-hybridized carbons (Fsp3) is 0.500. The molecule has 1 rings (SSSR count). The third kappa shape index (κ3) is 4.74. The average molecular weight is 321 g/mol. The van der Waals surface area contributed by atoms with Gasteiger partial charge in [-0.25, -0.2) is 9.59 Å². The highest BCUT2D eigenvalue weighted by atomic mass is 79.9. The summed E-state index contributed by atoms with van der Waals surface area (Å²) in [5.41, 5.74) is 0. The first-order valence-corrected chi connectivity index (χ1v) is 5.97. The van der Waals surface area contributed by atoms with Crippen molar-refractivity contribution in [2.24, 2.45) is 5.16 Å². The van der Waals surface area contributed by atoms with Crippen LogP contribution in [0.1, 0.15) is 12.8 Å². The second-order valence-corrected chi connectivity index (χ2v) is 4.47. The monoisotopic (exact) mass is 320 g/mol. The summed E-state index contributed by atoms with van der Waals surface area (Å²) < 4.78 is 5.26. The number of nitrogens with zero attached hydrogens (tertiary/aromatic N) is 1. The lowest BCUT2D eigenvalue weighted by molar-refractivity contribution is -0.140. The molecule has 0 aliphatic carbocycles. The van der Waals surface area contributed by atoms with E-state index in [0.717, 1.165) is 0 Å². The van der Waals surface area contributed by atoms with Gasteiger partial charge in [0, 0.05) is 12.8 Å². The van der Waals surface area contributed by atoms with Crippen molar-refractivity contribution < 1.29 is 24.3 Å². The molecule has 1 aliphatic heterocycles. The van der Waals surface area contributed by atoms with E-state index in [2.05, 4.69) is 37.7 Å². The van der Waals surface area contributed by atoms with Gasteiger partial charge in [-0.05, 0) is 15.9 Å². The minimum absolute atomic E-state index is 0.0206. The van der Waals surface area contributed by atoms with E-state index in [1.54, 1.807) is 0 Å². The number of hydrogen-bond donors (Lipinski definition) is 2. The summed E-state index contributed by atoms with van der Waals surface area (Å²) >= 11 is 3.15. The molecule has 0 fully saturated rings. The molecule has 0 bridgehead atoms. The molecule has 0 spiro atoms. The lowest BCUT2D eigenvalue weighted by Crippen LogP contribution is -2.43. The van der Waals surface area contributed by atoms with E-state index in [1.165, 1.54) is 6.08 Å². The zero-order valence-electron chi connectivity index (χ0n) is 9.47. The molecule has 2 N–H and O–H groups in total. The van der Waals surface area contributed by atoms with Crippen LogP contribution in [0.5, 0.6) is 0 Å². The molecule has 0 aromatic rings. The van der Waals surface area contributed by atoms with Crippen LogP contribution in [-0.2, 0) is 14.4 Å². The number of ether oxygens (including phenoxy) is 1. The molecule has 1 unspecified atom stereocenters. The predicted molar refractivity (Wildman–Crippen MR) is 66.6 cm³/mol. The van der Waals surface area contributed by atoms with Crippen molar-refractivity contribution >= 4 is 32.6 Å². The van der Waals surface area contributed by atoms with Crippen LogP contribution in [-0.4, -0.2) is 40.5 Å². The van der Waals surface area contributed by atoms with E-state index in [0.29, 0.717) is 11.0 Å². The third-order valence-electron chi connectivity index (χ3n) is 2.12. The number of aliphatic carboxylic acids is 1. The molecule has 100 valence electrons. The number of alkyl carbamates (subject to hydrolysis) is 1. The quantitative estimate of drug-likeness (QED) is 0.717. The van der Waals surface area contributed by atoms with Crippen LogP contribution in [0.15, 0.2) is 17.8 Å². The standard InChI is InChI=1S/C10H13BrN2O5/c1-2-3-17-10(16)12-7(9(14)15)4-6-5-8(11)13-18-6/h2,6-7H,1,3-5H2,(H,12,16)(H,14,15)/t6?,7-/m0/s1. The molecule has 0 radical (unpaired) electrons. The Morgan fingerprint density at radius 2 is 2.50 bits per heavy atom. The van der Waals surface area contributed by atoms with E-state index in [1.807, 2.05) is 0 Å². The maximum Gasteiger partial charge on any atom is 0.408 e. The summed E-state index contributed by atoms with van der Waals surface area (Å²) in [5.74, 6) is -1.16. The number of carboxylic acid groups (broad SMARTS) is 1. The largest absolute Gasteiger partial charge is 0.480 e. The van der Waals surface area contributed by atoms with Crippen LogP contribution in [0.4, 0.5) is 4.79 Å². The van der Waals surface area contributed by atoms with Crippen LogP contribution in [0, 0.1) is 0 Å². The Bertz CT molecular complexity index is 371. The summed E-state index contributed by atoms with van der Waals surface area (Å²) in [6, 6.07) is -1.08. The van der Waals surface area contributed by atoms with Gasteiger partial charge in [0.05, 0.1) is 0 Å². The smallest absolute Gasteiger partial charge is 0.408 e. The Labute approximate surface area is 112 Å². The van der Waals surface area contributed by atoms with Gasteiger partial charge in [-0.3, -0.25) is 0 Å². The third-order valence-corrected chi connectivity index (χ3v) is 2.59. The number of hydrogen-bond acceptors (Lipinski definition) is 5. The first kappa shape index (κ1) is 14.5. The van der Waals surface area contributed by atoms with Crippen LogP contribution in [0.3, 0.4) is 0 Å². The molecule has 1 amide bonds. The number of rotatable bonds is 6. The van der Waals surface area contributed by atoms with Crippen LogP contribution in [0.2, 0.25) is 0 Å². The van der Waals surface area contributed by atoms with Gasteiger partial charge < -0.3 is 20.0 Å². The topological polar surface area (TPSA) is 97.2 Å². The van der Waals surface area contributed by atoms with Gasteiger partial charge in [0.1, 0.15) is 23.4 Å². The fourth-order valence-electron chi connectivity index (χ4n) is 1.32. The number of carbonyl (C=O) groups is 2. The highest BCUT2D eigenvalue weighted by Gasteiger charge is 2.29. The number of amides is 1. The molecule has 0 aromatic carbocycles. The van der Waals surface area contributed by atoms with Crippen molar-refractivity contribution in [3.63, 3.8) is 0 Å². The van der Waals surface area contributed by atoms with Gasteiger partial charge in [-0.1, -0.05) is 17.8 Å². The van der Waals surface area contributed by atoms with Crippen molar-refractivity contribution in [2.75, 3.05) is 6.61 Å². The van der Waals surface area contributed by atoms with Crippen LogP contribution in [0.25, 0.3) is 0 Å². The summed E-state index contributed by atoms with van der Waals surface area (Å²) in [4.78, 5) is 27.2. The zero-order chi connectivity index (χ0) is 13.5. The SMILES string of the molecule is C=CCOC(=O)N[C@@H](CC1CC(Br)=NO1)C(=O)O. The molecule has 18 heavy (non-hydrogen) atoms. The number of halogens is 1. The lowest BCUT2D eigenvalue weighted by Gasteiger charge is -2.16. The van der Waals surface area contributed by atoms with Gasteiger partial charge >= 0.3 is 12.1 Å². The molecule has 0 aromatic heterocycles. The van der Waals surface area contributed by atoms with Crippen LogP contribution < -0.4 is 5.32 Å². The highest BCUT2D eigenvalue weighted by molar-refractivity contribution is 9.18. The summed E-state index contributed by atoms with van der Waals surface area (Å²) in [6.07, 6.45) is 0.797. The van der Waals surface area contributed by atoms with E-state index in [-0.39, 0.29) is 19.1 Å². The van der Waals surface area contributed by atoms with Gasteiger partial charge in [-0.2, -0.15) is 0 Å². The first-order valence-electron chi connectivity index (χ1n) is 5.18. The fourth-order valence-corrected chi connectivity index (χ4v) is 1.77. The predicted octanol–water partition coefficient (Wildman–Crippen LogP) is 1.24. The Kier molecular flexibility index (Phi) is 5.63. The Morgan fingerprint density at radius 1 is 1.78 bits per heavy atom. The molecular formula is C10H13BrN2O5. The number of nitrogens with one attached hydrogen (secondary N) is 1. The molecule has 7 nitrogen and oxygen atoms in total. The zero-order valence-corrected chi connectivity index (χ0v) is 11.1. The number of oxime groups is 1. The lowest BCUT2D eigenvalue weighted by atomic mass is 10.1. The van der Waals surface area contributed by atoms with Crippen molar-refractivity contribution in [1.82, 2.24) is 5.32 Å². The van der Waals surface area contributed by atoms with Crippen molar-refractivity contribution in [1.29, 1.82) is 0 Å². The summed E-state index contributed by atoms with van der Waals surface area (Å²) in [7, 11) is 0. The minimum Gasteiger partial charge on any atom is -0.480 e. The van der Waals surface area contributed by atoms with Crippen molar-refractivity contribution in [3.8, 4) is 0 Å². The molecular weight excluding hydrogens is 308 g/mol. The van der Waals surface area contributed by atoms with Gasteiger partial charge in [-0.15, -0.1) is 0 Å². The Morgan fingerprint density at radius 3 is 3.00 bits per heavy atom. The first-order chi connectivity index (χ1) is 8.52.